The van der Waals surface area contributed by atoms with Crippen LogP contribution in [0, 0.1) is 5.92 Å². The predicted molar refractivity (Wildman–Crippen MR) is 88.3 cm³/mol. The summed E-state index contributed by atoms with van der Waals surface area (Å²) < 4.78 is 0. The monoisotopic (exact) mass is 316 g/mol. The molecular weight excluding hydrogens is 296 g/mol. The molecule has 3 heterocycles. The number of ketones is 1. The van der Waals surface area contributed by atoms with E-state index in [9.17, 15) is 9.59 Å². The van der Waals surface area contributed by atoms with Crippen molar-refractivity contribution in [1.82, 2.24) is 9.88 Å². The molecule has 1 aliphatic rings. The molecule has 0 saturated carbocycles. The fourth-order valence-corrected chi connectivity index (χ4v) is 3.65. The Morgan fingerprint density at radius 2 is 2.09 bits per heavy atom. The first kappa shape index (κ1) is 15.2. The van der Waals surface area contributed by atoms with Crippen LogP contribution in [0.5, 0.6) is 0 Å². The molecule has 3 rings (SSSR count). The van der Waals surface area contributed by atoms with Gasteiger partial charge in [0.2, 0.25) is 0 Å². The van der Waals surface area contributed by atoms with Crippen LogP contribution in [0.2, 0.25) is 0 Å². The summed E-state index contributed by atoms with van der Waals surface area (Å²) in [6.45, 7) is 2.61. The average Bonchev–Trinajstić information content (AvgIpc) is 3.06. The molecule has 2 aromatic rings. The van der Waals surface area contributed by atoms with E-state index in [0.29, 0.717) is 18.9 Å². The van der Waals surface area contributed by atoms with Crippen LogP contribution in [0.15, 0.2) is 40.6 Å². The van der Waals surface area contributed by atoms with Crippen LogP contribution in [-0.2, 0) is 6.54 Å². The second kappa shape index (κ2) is 7.03. The molecule has 0 aliphatic carbocycles. The molecule has 4 nitrogen and oxygen atoms in total. The van der Waals surface area contributed by atoms with Crippen molar-refractivity contribution >= 4 is 17.1 Å². The molecular formula is C17H20N2O2S. The summed E-state index contributed by atoms with van der Waals surface area (Å²) in [4.78, 5) is 29.7. The van der Waals surface area contributed by atoms with Crippen molar-refractivity contribution in [3.05, 3.63) is 56.6 Å². The van der Waals surface area contributed by atoms with Gasteiger partial charge in [-0.15, -0.1) is 11.3 Å². The maximum Gasteiger partial charge on any atom is 0.252 e. The van der Waals surface area contributed by atoms with Crippen molar-refractivity contribution in [2.24, 2.45) is 5.92 Å². The Hall–Kier alpha value is -1.72. The molecule has 5 heteroatoms. The SMILES string of the molecule is O=C(CC1CCN(Cc2ccc[nH]c2=O)CC1)c1cccs1. The van der Waals surface area contributed by atoms with E-state index < -0.39 is 0 Å². The van der Waals surface area contributed by atoms with Crippen molar-refractivity contribution in [3.63, 3.8) is 0 Å². The van der Waals surface area contributed by atoms with Crippen LogP contribution in [0.3, 0.4) is 0 Å². The number of H-pyrrole nitrogens is 1. The molecule has 0 radical (unpaired) electrons. The zero-order chi connectivity index (χ0) is 15.4. The fraction of sp³-hybridized carbons (Fsp3) is 0.412. The number of aromatic amines is 1. The molecule has 0 amide bonds. The van der Waals surface area contributed by atoms with Gasteiger partial charge in [-0.1, -0.05) is 12.1 Å². The Bertz CT molecular complexity index is 670. The molecule has 0 bridgehead atoms. The highest BCUT2D eigenvalue weighted by atomic mass is 32.1. The normalized spacial score (nSPS) is 16.7. The number of likely N-dealkylation sites (tertiary alicyclic amines) is 1. The minimum absolute atomic E-state index is 0.00232. The number of pyridine rings is 1. The van der Waals surface area contributed by atoms with Gasteiger partial charge in [0.1, 0.15) is 0 Å². The standard InChI is InChI=1S/C17H20N2O2S/c20-15(16-4-2-10-22-16)11-13-5-8-19(9-6-13)12-14-3-1-7-18-17(14)21/h1-4,7,10,13H,5-6,8-9,11-12H2,(H,18,21). The quantitative estimate of drug-likeness (QED) is 0.863. The van der Waals surface area contributed by atoms with Crippen molar-refractivity contribution in [2.45, 2.75) is 25.8 Å². The summed E-state index contributed by atoms with van der Waals surface area (Å²) in [6.07, 6.45) is 4.37. The third-order valence-corrected chi connectivity index (χ3v) is 5.18. The molecule has 22 heavy (non-hydrogen) atoms. The van der Waals surface area contributed by atoms with Crippen molar-refractivity contribution in [1.29, 1.82) is 0 Å². The minimum atomic E-state index is -0.00232. The number of carbonyl (C=O) groups is 1. The van der Waals surface area contributed by atoms with Crippen LogP contribution in [-0.4, -0.2) is 28.8 Å². The smallest absolute Gasteiger partial charge is 0.252 e. The maximum absolute atomic E-state index is 12.1. The number of hydrogen-bond acceptors (Lipinski definition) is 4. The van der Waals surface area contributed by atoms with E-state index in [1.165, 1.54) is 11.3 Å². The lowest BCUT2D eigenvalue weighted by atomic mass is 9.91. The summed E-state index contributed by atoms with van der Waals surface area (Å²) >= 11 is 1.53. The highest BCUT2D eigenvalue weighted by Gasteiger charge is 2.22. The number of aromatic nitrogens is 1. The lowest BCUT2D eigenvalue weighted by Crippen LogP contribution is -2.35. The number of Topliss-reactive ketones (excluding diaryl/α,β-unsaturated/α-hetero) is 1. The lowest BCUT2D eigenvalue weighted by Gasteiger charge is -2.31. The van der Waals surface area contributed by atoms with Gasteiger partial charge in [-0.05, 0) is 49.4 Å². The van der Waals surface area contributed by atoms with E-state index in [-0.39, 0.29) is 11.3 Å². The van der Waals surface area contributed by atoms with Gasteiger partial charge in [0.15, 0.2) is 5.78 Å². The number of thiophene rings is 1. The average molecular weight is 316 g/mol. The van der Waals surface area contributed by atoms with Crippen LogP contribution < -0.4 is 5.56 Å². The van der Waals surface area contributed by atoms with Gasteiger partial charge in [-0.2, -0.15) is 0 Å². The lowest BCUT2D eigenvalue weighted by molar-refractivity contribution is 0.0929. The summed E-state index contributed by atoms with van der Waals surface area (Å²) in [6, 6.07) is 7.58. The first-order chi connectivity index (χ1) is 10.7. The van der Waals surface area contributed by atoms with Gasteiger partial charge in [0.05, 0.1) is 4.88 Å². The van der Waals surface area contributed by atoms with Gasteiger partial charge in [-0.25, -0.2) is 0 Å². The third kappa shape index (κ3) is 3.72. The second-order valence-corrected chi connectivity index (χ2v) is 6.80. The van der Waals surface area contributed by atoms with Crippen molar-refractivity contribution < 1.29 is 4.79 Å². The van der Waals surface area contributed by atoms with Crippen LogP contribution in [0.1, 0.15) is 34.5 Å². The Morgan fingerprint density at radius 1 is 1.27 bits per heavy atom. The van der Waals surface area contributed by atoms with Gasteiger partial charge in [0.25, 0.3) is 5.56 Å². The summed E-state index contributed by atoms with van der Waals surface area (Å²) in [5.74, 6) is 0.743. The molecule has 1 fully saturated rings. The Morgan fingerprint density at radius 3 is 2.77 bits per heavy atom. The molecule has 2 aromatic heterocycles. The molecule has 1 N–H and O–H groups in total. The molecule has 0 spiro atoms. The van der Waals surface area contributed by atoms with Crippen molar-refractivity contribution in [3.8, 4) is 0 Å². The Labute approximate surface area is 133 Å². The summed E-state index contributed by atoms with van der Waals surface area (Å²) in [7, 11) is 0. The van der Waals surface area contributed by atoms with Crippen LogP contribution >= 0.6 is 11.3 Å². The number of hydrogen-bond donors (Lipinski definition) is 1. The molecule has 1 saturated heterocycles. The topological polar surface area (TPSA) is 53.2 Å². The van der Waals surface area contributed by atoms with E-state index >= 15 is 0 Å². The van der Waals surface area contributed by atoms with Crippen LogP contribution in [0.4, 0.5) is 0 Å². The predicted octanol–water partition coefficient (Wildman–Crippen LogP) is 2.92. The van der Waals surface area contributed by atoms with E-state index in [0.717, 1.165) is 36.4 Å². The maximum atomic E-state index is 12.1. The first-order valence-electron chi connectivity index (χ1n) is 7.68. The molecule has 0 atom stereocenters. The largest absolute Gasteiger partial charge is 0.329 e. The van der Waals surface area contributed by atoms with Gasteiger partial charge in [-0.3, -0.25) is 14.5 Å². The number of nitrogens with one attached hydrogen (secondary N) is 1. The Kier molecular flexibility index (Phi) is 4.85. The fourth-order valence-electron chi connectivity index (χ4n) is 2.97. The molecule has 0 unspecified atom stereocenters. The highest BCUT2D eigenvalue weighted by Crippen LogP contribution is 2.24. The molecule has 1 aliphatic heterocycles. The second-order valence-electron chi connectivity index (χ2n) is 5.85. The Balaban J connectivity index is 1.49. The minimum Gasteiger partial charge on any atom is -0.329 e. The molecule has 0 aromatic carbocycles. The molecule has 116 valence electrons. The zero-order valence-corrected chi connectivity index (χ0v) is 13.3. The number of rotatable bonds is 5. The van der Waals surface area contributed by atoms with E-state index in [1.807, 2.05) is 29.6 Å². The third-order valence-electron chi connectivity index (χ3n) is 4.27. The zero-order valence-electron chi connectivity index (χ0n) is 12.5. The van der Waals surface area contributed by atoms with Gasteiger partial charge < -0.3 is 4.98 Å². The first-order valence-corrected chi connectivity index (χ1v) is 8.56. The van der Waals surface area contributed by atoms with Crippen LogP contribution in [0.25, 0.3) is 0 Å². The number of carbonyl (C=O) groups excluding carboxylic acids is 1. The van der Waals surface area contributed by atoms with Gasteiger partial charge >= 0.3 is 0 Å². The van der Waals surface area contributed by atoms with E-state index in [1.54, 1.807) is 6.20 Å². The van der Waals surface area contributed by atoms with Gasteiger partial charge in [0, 0.05) is 24.7 Å². The highest BCUT2D eigenvalue weighted by molar-refractivity contribution is 7.12. The van der Waals surface area contributed by atoms with E-state index in [2.05, 4.69) is 9.88 Å². The van der Waals surface area contributed by atoms with E-state index in [4.69, 9.17) is 0 Å². The number of piperidine rings is 1. The van der Waals surface area contributed by atoms with Crippen molar-refractivity contribution in [2.75, 3.05) is 13.1 Å². The number of nitrogens with zero attached hydrogens (tertiary/aromatic N) is 1. The summed E-state index contributed by atoms with van der Waals surface area (Å²) in [5, 5.41) is 1.95. The summed E-state index contributed by atoms with van der Waals surface area (Å²) in [5.41, 5.74) is 0.813.